The molecule has 0 aromatic heterocycles. The van der Waals surface area contributed by atoms with Crippen LogP contribution >= 0.6 is 0 Å². The van der Waals surface area contributed by atoms with E-state index < -0.39 is 10.0 Å². The largest absolute Gasteiger partial charge is 0.497 e. The summed E-state index contributed by atoms with van der Waals surface area (Å²) in [5.41, 5.74) is 0. The minimum Gasteiger partial charge on any atom is -0.497 e. The first-order valence-electron chi connectivity index (χ1n) is 8.15. The lowest BCUT2D eigenvalue weighted by molar-refractivity contribution is 0.390. The van der Waals surface area contributed by atoms with Crippen LogP contribution in [0.2, 0.25) is 0 Å². The van der Waals surface area contributed by atoms with Crippen molar-refractivity contribution >= 4 is 20.8 Å². The van der Waals surface area contributed by atoms with Crippen molar-refractivity contribution < 1.29 is 13.2 Å². The predicted octanol–water partition coefficient (Wildman–Crippen LogP) is 3.32. The number of hydrogen-bond acceptors (Lipinski definition) is 3. The molecular weight excluding hydrogens is 310 g/mol. The monoisotopic (exact) mass is 331 g/mol. The van der Waals surface area contributed by atoms with E-state index >= 15 is 0 Å². The van der Waals surface area contributed by atoms with Gasteiger partial charge in [0, 0.05) is 6.04 Å². The fourth-order valence-electron chi connectivity index (χ4n) is 4.15. The standard InChI is InChI=1S/C18H21NO3S/c1-22-16-6-4-14-11-17(7-5-13(14)10-16)23(20,21)19-18-9-12-2-3-15(18)8-12/h4-7,10-12,15,18-19H,2-3,8-9H2,1H3/t12-,15-,18-/m0/s1. The molecule has 2 aromatic rings. The number of ether oxygens (including phenoxy) is 1. The number of benzene rings is 2. The Hall–Kier alpha value is -1.59. The van der Waals surface area contributed by atoms with Crippen LogP contribution in [0.5, 0.6) is 5.75 Å². The lowest BCUT2D eigenvalue weighted by atomic mass is 9.96. The van der Waals surface area contributed by atoms with Gasteiger partial charge in [-0.2, -0.15) is 0 Å². The summed E-state index contributed by atoms with van der Waals surface area (Å²) < 4.78 is 33.5. The van der Waals surface area contributed by atoms with Crippen LogP contribution in [0.1, 0.15) is 25.7 Å². The summed E-state index contributed by atoms with van der Waals surface area (Å²) in [6, 6.07) is 11.0. The van der Waals surface area contributed by atoms with Crippen molar-refractivity contribution in [1.29, 1.82) is 0 Å². The number of rotatable bonds is 4. The van der Waals surface area contributed by atoms with E-state index in [1.165, 1.54) is 12.8 Å². The zero-order valence-corrected chi connectivity index (χ0v) is 14.0. The van der Waals surface area contributed by atoms with E-state index in [2.05, 4.69) is 4.72 Å². The highest BCUT2D eigenvalue weighted by Crippen LogP contribution is 2.44. The van der Waals surface area contributed by atoms with Crippen LogP contribution in [0.25, 0.3) is 10.8 Å². The number of sulfonamides is 1. The van der Waals surface area contributed by atoms with E-state index in [-0.39, 0.29) is 6.04 Å². The molecule has 0 heterocycles. The topological polar surface area (TPSA) is 55.4 Å². The second-order valence-electron chi connectivity index (χ2n) is 6.78. The van der Waals surface area contributed by atoms with Crippen LogP contribution in [0.3, 0.4) is 0 Å². The van der Waals surface area contributed by atoms with Crippen molar-refractivity contribution in [2.24, 2.45) is 11.8 Å². The fourth-order valence-corrected chi connectivity index (χ4v) is 5.51. The SMILES string of the molecule is COc1ccc2cc(S(=O)(=O)N[C@H]3C[C@H]4CC[C@H]3C4)ccc2c1. The van der Waals surface area contributed by atoms with Crippen LogP contribution < -0.4 is 9.46 Å². The van der Waals surface area contributed by atoms with Crippen LogP contribution in [0.4, 0.5) is 0 Å². The molecule has 0 radical (unpaired) electrons. The van der Waals surface area contributed by atoms with Crippen LogP contribution in [0, 0.1) is 11.8 Å². The molecule has 2 fully saturated rings. The number of nitrogens with one attached hydrogen (secondary N) is 1. The van der Waals surface area contributed by atoms with Gasteiger partial charge >= 0.3 is 0 Å². The number of hydrogen-bond donors (Lipinski definition) is 1. The lowest BCUT2D eigenvalue weighted by Gasteiger charge is -2.22. The van der Waals surface area contributed by atoms with Gasteiger partial charge in [-0.3, -0.25) is 0 Å². The zero-order valence-electron chi connectivity index (χ0n) is 13.2. The van der Waals surface area contributed by atoms with Crippen molar-refractivity contribution in [3.05, 3.63) is 36.4 Å². The van der Waals surface area contributed by atoms with E-state index in [9.17, 15) is 8.42 Å². The first-order valence-corrected chi connectivity index (χ1v) is 9.63. The van der Waals surface area contributed by atoms with Gasteiger partial charge in [-0.15, -0.1) is 0 Å². The van der Waals surface area contributed by atoms with Gasteiger partial charge in [0.05, 0.1) is 12.0 Å². The Morgan fingerprint density at radius 1 is 1.04 bits per heavy atom. The smallest absolute Gasteiger partial charge is 0.240 e. The van der Waals surface area contributed by atoms with Crippen molar-refractivity contribution in [3.63, 3.8) is 0 Å². The van der Waals surface area contributed by atoms with E-state index in [1.54, 1.807) is 19.2 Å². The summed E-state index contributed by atoms with van der Waals surface area (Å²) in [5.74, 6) is 2.02. The van der Waals surface area contributed by atoms with Crippen LogP contribution in [-0.2, 0) is 10.0 Å². The minimum atomic E-state index is -3.45. The molecule has 0 saturated heterocycles. The molecule has 1 N–H and O–H groups in total. The highest BCUT2D eigenvalue weighted by Gasteiger charge is 2.41. The zero-order chi connectivity index (χ0) is 16.0. The third-order valence-electron chi connectivity index (χ3n) is 5.37. The van der Waals surface area contributed by atoms with Crippen LogP contribution in [-0.4, -0.2) is 21.6 Å². The van der Waals surface area contributed by atoms with Gasteiger partial charge in [-0.25, -0.2) is 13.1 Å². The summed E-state index contributed by atoms with van der Waals surface area (Å²) in [6.45, 7) is 0. The van der Waals surface area contributed by atoms with E-state index in [1.807, 2.05) is 24.3 Å². The molecule has 2 aromatic carbocycles. The molecule has 2 bridgehead atoms. The summed E-state index contributed by atoms with van der Waals surface area (Å²) in [6.07, 6.45) is 4.61. The van der Waals surface area contributed by atoms with Crippen molar-refractivity contribution in [3.8, 4) is 5.75 Å². The second-order valence-corrected chi connectivity index (χ2v) is 8.49. The Kier molecular flexibility index (Phi) is 3.58. The van der Waals surface area contributed by atoms with E-state index in [0.717, 1.165) is 35.3 Å². The third-order valence-corrected chi connectivity index (χ3v) is 6.86. The molecular formula is C18H21NO3S. The molecule has 5 heteroatoms. The van der Waals surface area contributed by atoms with Gasteiger partial charge in [0.15, 0.2) is 0 Å². The maximum atomic E-state index is 12.7. The molecule has 4 nitrogen and oxygen atoms in total. The first kappa shape index (κ1) is 15.0. The predicted molar refractivity (Wildman–Crippen MR) is 90.1 cm³/mol. The summed E-state index contributed by atoms with van der Waals surface area (Å²) >= 11 is 0. The molecule has 2 aliphatic carbocycles. The third kappa shape index (κ3) is 2.72. The maximum Gasteiger partial charge on any atom is 0.240 e. The fraction of sp³-hybridized carbons (Fsp3) is 0.444. The quantitative estimate of drug-likeness (QED) is 0.935. The molecule has 0 unspecified atom stereocenters. The second kappa shape index (κ2) is 5.49. The first-order chi connectivity index (χ1) is 11.0. The van der Waals surface area contributed by atoms with Gasteiger partial charge in [0.1, 0.15) is 5.75 Å². The summed E-state index contributed by atoms with van der Waals surface area (Å²) in [4.78, 5) is 0.345. The van der Waals surface area contributed by atoms with Gasteiger partial charge < -0.3 is 4.74 Å². The molecule has 0 aliphatic heterocycles. The molecule has 4 rings (SSSR count). The van der Waals surface area contributed by atoms with Gasteiger partial charge in [0.2, 0.25) is 10.0 Å². The Labute approximate surface area is 136 Å². The van der Waals surface area contributed by atoms with Gasteiger partial charge in [-0.05, 0) is 66.1 Å². The Morgan fingerprint density at radius 2 is 1.83 bits per heavy atom. The Bertz CT molecular complexity index is 846. The van der Waals surface area contributed by atoms with Gasteiger partial charge in [-0.1, -0.05) is 18.6 Å². The minimum absolute atomic E-state index is 0.116. The molecule has 122 valence electrons. The number of fused-ring (bicyclic) bond motifs is 3. The molecule has 0 amide bonds. The van der Waals surface area contributed by atoms with Crippen LogP contribution in [0.15, 0.2) is 41.3 Å². The van der Waals surface area contributed by atoms with E-state index in [4.69, 9.17) is 4.74 Å². The average Bonchev–Trinajstić information content (AvgIpc) is 3.16. The number of methoxy groups -OCH3 is 1. The van der Waals surface area contributed by atoms with E-state index in [0.29, 0.717) is 10.8 Å². The average molecular weight is 331 g/mol. The normalized spacial score (nSPS) is 26.7. The molecule has 23 heavy (non-hydrogen) atoms. The van der Waals surface area contributed by atoms with Gasteiger partial charge in [0.25, 0.3) is 0 Å². The Morgan fingerprint density at radius 3 is 2.52 bits per heavy atom. The van der Waals surface area contributed by atoms with Crippen molar-refractivity contribution in [1.82, 2.24) is 4.72 Å². The highest BCUT2D eigenvalue weighted by atomic mass is 32.2. The summed E-state index contributed by atoms with van der Waals surface area (Å²) in [5, 5.41) is 1.88. The summed E-state index contributed by atoms with van der Waals surface area (Å²) in [7, 11) is -1.83. The van der Waals surface area contributed by atoms with Crippen molar-refractivity contribution in [2.45, 2.75) is 36.6 Å². The Balaban J connectivity index is 1.62. The molecule has 2 saturated carbocycles. The lowest BCUT2D eigenvalue weighted by Crippen LogP contribution is -2.38. The molecule has 3 atom stereocenters. The molecule has 0 spiro atoms. The maximum absolute atomic E-state index is 12.7. The highest BCUT2D eigenvalue weighted by molar-refractivity contribution is 7.89. The van der Waals surface area contributed by atoms with Crippen molar-refractivity contribution in [2.75, 3.05) is 7.11 Å². The molecule has 2 aliphatic rings.